The Kier molecular flexibility index (Phi) is 2.78. The van der Waals surface area contributed by atoms with Crippen LogP contribution in [0, 0.1) is 23.7 Å². The molecule has 0 spiro atoms. The third kappa shape index (κ3) is 1.96. The van der Waals surface area contributed by atoms with Gasteiger partial charge < -0.3 is 5.32 Å². The molecule has 1 aliphatic heterocycles. The zero-order valence-electron chi connectivity index (χ0n) is 12.1. The summed E-state index contributed by atoms with van der Waals surface area (Å²) in [5.74, 6) is -0.671. The predicted octanol–water partition coefficient (Wildman–Crippen LogP) is 0.708. The first kappa shape index (κ1) is 13.3. The van der Waals surface area contributed by atoms with E-state index in [2.05, 4.69) is 17.5 Å². The second-order valence-corrected chi connectivity index (χ2v) is 7.06. The van der Waals surface area contributed by atoms with Gasteiger partial charge in [0.25, 0.3) is 0 Å². The van der Waals surface area contributed by atoms with E-state index < -0.39 is 0 Å². The van der Waals surface area contributed by atoms with Gasteiger partial charge in [-0.25, -0.2) is 0 Å². The van der Waals surface area contributed by atoms with E-state index in [9.17, 15) is 14.4 Å². The Morgan fingerprint density at radius 1 is 1.20 bits per heavy atom. The molecule has 108 valence electrons. The number of amides is 3. The average Bonchev–Trinajstić information content (AvgIpc) is 2.96. The van der Waals surface area contributed by atoms with E-state index in [0.29, 0.717) is 0 Å². The molecule has 2 aliphatic carbocycles. The quantitative estimate of drug-likeness (QED) is 0.596. The zero-order chi connectivity index (χ0) is 14.7. The number of imide groups is 1. The van der Waals surface area contributed by atoms with Crippen molar-refractivity contribution in [1.82, 2.24) is 10.2 Å². The first-order valence-corrected chi connectivity index (χ1v) is 7.12. The highest BCUT2D eigenvalue weighted by molar-refractivity contribution is 6.08. The smallest absolute Gasteiger partial charge is 0.240 e. The molecule has 0 radical (unpaired) electrons. The summed E-state index contributed by atoms with van der Waals surface area (Å²) >= 11 is 0. The van der Waals surface area contributed by atoms with E-state index in [1.165, 1.54) is 0 Å². The molecule has 5 nitrogen and oxygen atoms in total. The number of rotatable bonds is 2. The molecule has 0 aromatic rings. The zero-order valence-corrected chi connectivity index (χ0v) is 12.1. The molecule has 4 atom stereocenters. The van der Waals surface area contributed by atoms with Crippen LogP contribution in [0.15, 0.2) is 12.2 Å². The van der Waals surface area contributed by atoms with Crippen molar-refractivity contribution in [1.29, 1.82) is 0 Å². The maximum absolute atomic E-state index is 12.4. The van der Waals surface area contributed by atoms with Crippen molar-refractivity contribution in [3.63, 3.8) is 0 Å². The van der Waals surface area contributed by atoms with Crippen LogP contribution in [0.1, 0.15) is 27.2 Å². The molecule has 1 saturated heterocycles. The third-order valence-corrected chi connectivity index (χ3v) is 4.38. The first-order chi connectivity index (χ1) is 9.28. The molecule has 0 unspecified atom stereocenters. The fraction of sp³-hybridized carbons (Fsp3) is 0.667. The summed E-state index contributed by atoms with van der Waals surface area (Å²) in [5.41, 5.74) is -0.362. The van der Waals surface area contributed by atoms with Gasteiger partial charge in [-0.05, 0) is 39.0 Å². The molecule has 0 aromatic heterocycles. The van der Waals surface area contributed by atoms with Crippen LogP contribution >= 0.6 is 0 Å². The topological polar surface area (TPSA) is 66.5 Å². The maximum atomic E-state index is 12.4. The number of hydrogen-bond acceptors (Lipinski definition) is 3. The van der Waals surface area contributed by atoms with Crippen molar-refractivity contribution < 1.29 is 14.4 Å². The van der Waals surface area contributed by atoms with E-state index in [4.69, 9.17) is 0 Å². The van der Waals surface area contributed by atoms with E-state index >= 15 is 0 Å². The van der Waals surface area contributed by atoms with Crippen molar-refractivity contribution in [2.75, 3.05) is 6.54 Å². The maximum Gasteiger partial charge on any atom is 0.240 e. The van der Waals surface area contributed by atoms with Crippen LogP contribution < -0.4 is 5.32 Å². The lowest BCUT2D eigenvalue weighted by Crippen LogP contribution is -2.47. The fourth-order valence-corrected chi connectivity index (χ4v) is 3.72. The van der Waals surface area contributed by atoms with Crippen molar-refractivity contribution in [2.45, 2.75) is 32.7 Å². The number of likely N-dealkylation sites (tertiary alicyclic amines) is 1. The lowest BCUT2D eigenvalue weighted by molar-refractivity contribution is -0.144. The Morgan fingerprint density at radius 2 is 1.70 bits per heavy atom. The molecule has 3 aliphatic rings. The van der Waals surface area contributed by atoms with Crippen LogP contribution in [0.5, 0.6) is 0 Å². The summed E-state index contributed by atoms with van der Waals surface area (Å²) in [7, 11) is 0. The largest absolute Gasteiger partial charge is 0.350 e. The fourth-order valence-electron chi connectivity index (χ4n) is 3.72. The lowest BCUT2D eigenvalue weighted by atomic mass is 9.85. The molecule has 3 rings (SSSR count). The van der Waals surface area contributed by atoms with E-state index in [0.717, 1.165) is 11.3 Å². The van der Waals surface area contributed by atoms with Crippen LogP contribution in [-0.4, -0.2) is 34.7 Å². The molecular formula is C15H20N2O3. The second-order valence-electron chi connectivity index (χ2n) is 7.06. The molecule has 20 heavy (non-hydrogen) atoms. The summed E-state index contributed by atoms with van der Waals surface area (Å²) in [6.07, 6.45) is 5.01. The van der Waals surface area contributed by atoms with Gasteiger partial charge in [-0.1, -0.05) is 12.2 Å². The Morgan fingerprint density at radius 3 is 2.15 bits per heavy atom. The normalized spacial score (nSPS) is 34.9. The van der Waals surface area contributed by atoms with Gasteiger partial charge in [0.05, 0.1) is 11.8 Å². The molecule has 1 heterocycles. The number of carbonyl (C=O) groups excluding carboxylic acids is 3. The predicted molar refractivity (Wildman–Crippen MR) is 72.3 cm³/mol. The van der Waals surface area contributed by atoms with Gasteiger partial charge in [0.1, 0.15) is 6.54 Å². The minimum absolute atomic E-state index is 0.151. The van der Waals surface area contributed by atoms with Gasteiger partial charge in [0, 0.05) is 5.54 Å². The minimum Gasteiger partial charge on any atom is -0.350 e. The van der Waals surface area contributed by atoms with E-state index in [1.54, 1.807) is 0 Å². The van der Waals surface area contributed by atoms with Gasteiger partial charge in [-0.3, -0.25) is 19.3 Å². The van der Waals surface area contributed by atoms with Crippen LogP contribution in [0.25, 0.3) is 0 Å². The molecular weight excluding hydrogens is 256 g/mol. The second kappa shape index (κ2) is 4.17. The first-order valence-electron chi connectivity index (χ1n) is 7.12. The Labute approximate surface area is 118 Å². The minimum atomic E-state index is -0.362. The number of allylic oxidation sites excluding steroid dienone is 2. The van der Waals surface area contributed by atoms with Gasteiger partial charge in [0.15, 0.2) is 0 Å². The SMILES string of the molecule is CC(C)(C)NC(=O)CN1C(=O)[C@@H]2[C@H](C1=O)[C@H]1C=C[C@H]2C1. The molecule has 0 aromatic carbocycles. The van der Waals surface area contributed by atoms with Gasteiger partial charge in [0.2, 0.25) is 17.7 Å². The Hall–Kier alpha value is -1.65. The number of hydrogen-bond donors (Lipinski definition) is 1. The van der Waals surface area contributed by atoms with Crippen molar-refractivity contribution in [2.24, 2.45) is 23.7 Å². The van der Waals surface area contributed by atoms with Crippen molar-refractivity contribution in [3.8, 4) is 0 Å². The molecule has 1 N–H and O–H groups in total. The molecule has 5 heteroatoms. The summed E-state index contributed by atoms with van der Waals surface area (Å²) < 4.78 is 0. The average molecular weight is 276 g/mol. The summed E-state index contributed by atoms with van der Waals surface area (Å²) in [6, 6.07) is 0. The van der Waals surface area contributed by atoms with Crippen LogP contribution in [0.4, 0.5) is 0 Å². The highest BCUT2D eigenvalue weighted by Gasteiger charge is 2.59. The summed E-state index contributed by atoms with van der Waals surface area (Å²) in [5, 5.41) is 2.79. The molecule has 3 amide bonds. The monoisotopic (exact) mass is 276 g/mol. The highest BCUT2D eigenvalue weighted by atomic mass is 16.2. The summed E-state index contributed by atoms with van der Waals surface area (Å²) in [6.45, 7) is 5.47. The van der Waals surface area contributed by atoms with Gasteiger partial charge >= 0.3 is 0 Å². The van der Waals surface area contributed by atoms with E-state index in [1.807, 2.05) is 20.8 Å². The van der Waals surface area contributed by atoms with E-state index in [-0.39, 0.29) is 53.5 Å². The van der Waals surface area contributed by atoms with Gasteiger partial charge in [-0.15, -0.1) is 0 Å². The Balaban J connectivity index is 1.72. The molecule has 2 fully saturated rings. The van der Waals surface area contributed by atoms with Crippen LogP contribution in [-0.2, 0) is 14.4 Å². The number of fused-ring (bicyclic) bond motifs is 5. The Bertz CT molecular complexity index is 488. The van der Waals surface area contributed by atoms with Crippen molar-refractivity contribution in [3.05, 3.63) is 12.2 Å². The number of nitrogens with zero attached hydrogens (tertiary/aromatic N) is 1. The molecule has 2 bridgehead atoms. The number of nitrogens with one attached hydrogen (secondary N) is 1. The standard InChI is InChI=1S/C15H20N2O3/c1-15(2,3)16-10(18)7-17-13(19)11-8-4-5-9(6-8)12(11)14(17)20/h4-5,8-9,11-12H,6-7H2,1-3H3,(H,16,18)/t8-,9-,11-,12+/m0/s1. The molecule has 1 saturated carbocycles. The van der Waals surface area contributed by atoms with Crippen LogP contribution in [0.3, 0.4) is 0 Å². The highest BCUT2D eigenvalue weighted by Crippen LogP contribution is 2.52. The number of carbonyl (C=O) groups is 3. The van der Waals surface area contributed by atoms with Crippen molar-refractivity contribution >= 4 is 17.7 Å². The van der Waals surface area contributed by atoms with Gasteiger partial charge in [-0.2, -0.15) is 0 Å². The lowest BCUT2D eigenvalue weighted by Gasteiger charge is -2.23. The summed E-state index contributed by atoms with van der Waals surface area (Å²) in [4.78, 5) is 37.8. The third-order valence-electron chi connectivity index (χ3n) is 4.38. The van der Waals surface area contributed by atoms with Crippen LogP contribution in [0.2, 0.25) is 0 Å².